The summed E-state index contributed by atoms with van der Waals surface area (Å²) >= 11 is 0. The normalized spacial score (nSPS) is 19.7. The van der Waals surface area contributed by atoms with Crippen LogP contribution in [-0.4, -0.2) is 42.2 Å². The second-order valence-corrected chi connectivity index (χ2v) is 8.51. The quantitative estimate of drug-likeness (QED) is 0.773. The zero-order valence-corrected chi connectivity index (χ0v) is 16.8. The number of fused-ring (bicyclic) bond motifs is 1. The van der Waals surface area contributed by atoms with Crippen molar-refractivity contribution in [2.24, 2.45) is 5.92 Å². The molecule has 1 aromatic heterocycles. The SMILES string of the molecule is O=C(c1cc(OCC2CCOCC2)nc(C2CC2)c1)N1CCc2ccccc2C1. The van der Waals surface area contributed by atoms with E-state index in [0.717, 1.165) is 57.6 Å². The first kappa shape index (κ1) is 18.6. The molecule has 3 heterocycles. The molecule has 152 valence electrons. The molecule has 1 aliphatic carbocycles. The van der Waals surface area contributed by atoms with Crippen molar-refractivity contribution in [3.05, 3.63) is 58.8 Å². The van der Waals surface area contributed by atoms with Crippen LogP contribution in [0.5, 0.6) is 5.88 Å². The van der Waals surface area contributed by atoms with Crippen LogP contribution in [0.1, 0.15) is 58.8 Å². The molecule has 1 saturated carbocycles. The van der Waals surface area contributed by atoms with E-state index in [4.69, 9.17) is 14.5 Å². The number of ether oxygens (including phenoxy) is 2. The van der Waals surface area contributed by atoms with Gasteiger partial charge in [-0.25, -0.2) is 4.98 Å². The van der Waals surface area contributed by atoms with Gasteiger partial charge in [0, 0.05) is 49.5 Å². The largest absolute Gasteiger partial charge is 0.477 e. The summed E-state index contributed by atoms with van der Waals surface area (Å²) in [5.74, 6) is 1.67. The maximum Gasteiger partial charge on any atom is 0.254 e. The third-order valence-corrected chi connectivity index (χ3v) is 6.29. The van der Waals surface area contributed by atoms with Crippen molar-refractivity contribution in [3.8, 4) is 5.88 Å². The topological polar surface area (TPSA) is 51.7 Å². The molecule has 0 atom stereocenters. The molecule has 1 saturated heterocycles. The van der Waals surface area contributed by atoms with E-state index in [1.807, 2.05) is 23.1 Å². The summed E-state index contributed by atoms with van der Waals surface area (Å²) in [5, 5.41) is 0. The van der Waals surface area contributed by atoms with E-state index in [-0.39, 0.29) is 5.91 Å². The second kappa shape index (κ2) is 8.15. The standard InChI is InChI=1S/C24H28N2O3/c27-24(26-10-7-18-3-1-2-4-20(18)15-26)21-13-22(19-5-6-19)25-23(14-21)29-16-17-8-11-28-12-9-17/h1-4,13-14,17,19H,5-12,15-16H2. The molecule has 2 fully saturated rings. The Kier molecular flexibility index (Phi) is 5.23. The van der Waals surface area contributed by atoms with Gasteiger partial charge in [-0.3, -0.25) is 4.79 Å². The zero-order valence-electron chi connectivity index (χ0n) is 16.8. The smallest absolute Gasteiger partial charge is 0.254 e. The summed E-state index contributed by atoms with van der Waals surface area (Å²) in [7, 11) is 0. The Balaban J connectivity index is 1.33. The van der Waals surface area contributed by atoms with Gasteiger partial charge in [0.25, 0.3) is 5.91 Å². The van der Waals surface area contributed by atoms with Crippen LogP contribution in [0.3, 0.4) is 0 Å². The average Bonchev–Trinajstić information content (AvgIpc) is 3.63. The minimum Gasteiger partial charge on any atom is -0.477 e. The minimum atomic E-state index is 0.0831. The highest BCUT2D eigenvalue weighted by Gasteiger charge is 2.29. The lowest BCUT2D eigenvalue weighted by Gasteiger charge is -2.29. The molecule has 5 rings (SSSR count). The number of benzene rings is 1. The highest BCUT2D eigenvalue weighted by atomic mass is 16.5. The number of hydrogen-bond acceptors (Lipinski definition) is 4. The fourth-order valence-electron chi connectivity index (χ4n) is 4.28. The van der Waals surface area contributed by atoms with Crippen LogP contribution < -0.4 is 4.74 Å². The predicted octanol–water partition coefficient (Wildman–Crippen LogP) is 3.96. The number of carbonyl (C=O) groups excluding carboxylic acids is 1. The summed E-state index contributed by atoms with van der Waals surface area (Å²) in [5.41, 5.74) is 4.32. The van der Waals surface area contributed by atoms with Crippen LogP contribution in [0.4, 0.5) is 0 Å². The van der Waals surface area contributed by atoms with Gasteiger partial charge in [0.05, 0.1) is 6.61 Å². The summed E-state index contributed by atoms with van der Waals surface area (Å²) in [6.07, 6.45) is 5.28. The van der Waals surface area contributed by atoms with Crippen LogP contribution in [0, 0.1) is 5.92 Å². The Labute approximate surface area is 172 Å². The molecule has 0 spiro atoms. The maximum absolute atomic E-state index is 13.3. The van der Waals surface area contributed by atoms with Crippen LogP contribution >= 0.6 is 0 Å². The Morgan fingerprint density at radius 3 is 2.69 bits per heavy atom. The van der Waals surface area contributed by atoms with Crippen molar-refractivity contribution in [2.75, 3.05) is 26.4 Å². The van der Waals surface area contributed by atoms with Crippen molar-refractivity contribution < 1.29 is 14.3 Å². The van der Waals surface area contributed by atoms with Gasteiger partial charge in [-0.2, -0.15) is 0 Å². The maximum atomic E-state index is 13.3. The Morgan fingerprint density at radius 1 is 1.10 bits per heavy atom. The summed E-state index contributed by atoms with van der Waals surface area (Å²) in [6, 6.07) is 12.2. The fourth-order valence-corrected chi connectivity index (χ4v) is 4.28. The Hall–Kier alpha value is -2.40. The van der Waals surface area contributed by atoms with E-state index in [9.17, 15) is 4.79 Å². The van der Waals surface area contributed by atoms with E-state index in [1.54, 1.807) is 0 Å². The first-order valence-electron chi connectivity index (χ1n) is 10.8. The molecule has 2 aliphatic heterocycles. The molecule has 0 unspecified atom stereocenters. The van der Waals surface area contributed by atoms with Crippen molar-refractivity contribution in [3.63, 3.8) is 0 Å². The molecule has 0 N–H and O–H groups in total. The van der Waals surface area contributed by atoms with Crippen LogP contribution in [0.25, 0.3) is 0 Å². The number of aromatic nitrogens is 1. The van der Waals surface area contributed by atoms with Crippen LogP contribution in [-0.2, 0) is 17.7 Å². The van der Waals surface area contributed by atoms with E-state index in [0.29, 0.717) is 36.4 Å². The molecule has 29 heavy (non-hydrogen) atoms. The van der Waals surface area contributed by atoms with Gasteiger partial charge >= 0.3 is 0 Å². The van der Waals surface area contributed by atoms with E-state index < -0.39 is 0 Å². The highest BCUT2D eigenvalue weighted by molar-refractivity contribution is 5.94. The Bertz CT molecular complexity index is 887. The molecular formula is C24H28N2O3. The first-order valence-corrected chi connectivity index (χ1v) is 10.8. The molecule has 0 radical (unpaired) electrons. The summed E-state index contributed by atoms with van der Waals surface area (Å²) in [4.78, 5) is 20.0. The van der Waals surface area contributed by atoms with E-state index in [2.05, 4.69) is 18.2 Å². The second-order valence-electron chi connectivity index (χ2n) is 8.51. The third kappa shape index (κ3) is 4.30. The van der Waals surface area contributed by atoms with Crippen molar-refractivity contribution in [1.82, 2.24) is 9.88 Å². The number of amides is 1. The monoisotopic (exact) mass is 392 g/mol. The third-order valence-electron chi connectivity index (χ3n) is 6.29. The lowest BCUT2D eigenvalue weighted by atomic mass is 9.99. The average molecular weight is 392 g/mol. The van der Waals surface area contributed by atoms with Gasteiger partial charge < -0.3 is 14.4 Å². The number of hydrogen-bond donors (Lipinski definition) is 0. The molecule has 2 aromatic rings. The molecular weight excluding hydrogens is 364 g/mol. The zero-order chi connectivity index (χ0) is 19.6. The first-order chi connectivity index (χ1) is 14.3. The number of nitrogens with zero attached hydrogens (tertiary/aromatic N) is 2. The van der Waals surface area contributed by atoms with Gasteiger partial charge in [0.15, 0.2) is 0 Å². The lowest BCUT2D eigenvalue weighted by molar-refractivity contribution is 0.0490. The molecule has 1 amide bonds. The summed E-state index contributed by atoms with van der Waals surface area (Å²) in [6.45, 7) is 3.70. The van der Waals surface area contributed by atoms with Crippen molar-refractivity contribution >= 4 is 5.91 Å². The van der Waals surface area contributed by atoms with Crippen LogP contribution in [0.2, 0.25) is 0 Å². The predicted molar refractivity (Wildman–Crippen MR) is 110 cm³/mol. The molecule has 3 aliphatic rings. The molecule has 5 heteroatoms. The van der Waals surface area contributed by atoms with Gasteiger partial charge in [-0.1, -0.05) is 24.3 Å². The van der Waals surface area contributed by atoms with Gasteiger partial charge in [0.2, 0.25) is 5.88 Å². The van der Waals surface area contributed by atoms with E-state index in [1.165, 1.54) is 11.1 Å². The highest BCUT2D eigenvalue weighted by Crippen LogP contribution is 2.40. The van der Waals surface area contributed by atoms with Crippen molar-refractivity contribution in [2.45, 2.75) is 44.6 Å². The van der Waals surface area contributed by atoms with Gasteiger partial charge in [0.1, 0.15) is 0 Å². The Morgan fingerprint density at radius 2 is 1.90 bits per heavy atom. The molecule has 0 bridgehead atoms. The van der Waals surface area contributed by atoms with E-state index >= 15 is 0 Å². The van der Waals surface area contributed by atoms with Crippen molar-refractivity contribution in [1.29, 1.82) is 0 Å². The number of rotatable bonds is 5. The summed E-state index contributed by atoms with van der Waals surface area (Å²) < 4.78 is 11.5. The molecule has 1 aromatic carbocycles. The molecule has 5 nitrogen and oxygen atoms in total. The fraction of sp³-hybridized carbons (Fsp3) is 0.500. The van der Waals surface area contributed by atoms with Gasteiger partial charge in [-0.15, -0.1) is 0 Å². The minimum absolute atomic E-state index is 0.0831. The number of carbonyl (C=O) groups is 1. The van der Waals surface area contributed by atoms with Gasteiger partial charge in [-0.05, 0) is 55.2 Å². The lowest BCUT2D eigenvalue weighted by Crippen LogP contribution is -2.36. The number of pyridine rings is 1. The van der Waals surface area contributed by atoms with Crippen LogP contribution in [0.15, 0.2) is 36.4 Å².